The fourth-order valence-electron chi connectivity index (χ4n) is 2.60. The molecule has 18 heavy (non-hydrogen) atoms. The van der Waals surface area contributed by atoms with Crippen LogP contribution in [0.25, 0.3) is 0 Å². The summed E-state index contributed by atoms with van der Waals surface area (Å²) < 4.78 is 0. The molecule has 0 radical (unpaired) electrons. The van der Waals surface area contributed by atoms with Gasteiger partial charge in [0.15, 0.2) is 0 Å². The first kappa shape index (κ1) is 14.6. The molecule has 1 heteroatoms. The average Bonchev–Trinajstić information content (AvgIpc) is 2.58. The summed E-state index contributed by atoms with van der Waals surface area (Å²) in [4.78, 5) is 2.62. The Labute approximate surface area is 113 Å². The normalized spacial score (nSPS) is 19.4. The highest BCUT2D eigenvalue weighted by Gasteiger charge is 2.36. The van der Waals surface area contributed by atoms with E-state index in [-0.39, 0.29) is 0 Å². The third-order valence-corrected chi connectivity index (χ3v) is 7.41. The molecule has 0 spiro atoms. The lowest BCUT2D eigenvalue weighted by Gasteiger charge is -2.38. The van der Waals surface area contributed by atoms with Crippen molar-refractivity contribution in [2.24, 2.45) is 0 Å². The summed E-state index contributed by atoms with van der Waals surface area (Å²) >= 11 is 0. The Morgan fingerprint density at radius 1 is 0.833 bits per heavy atom. The quantitative estimate of drug-likeness (QED) is 0.546. The Balaban J connectivity index is 3.61. The highest BCUT2D eigenvalue weighted by atomic mass is 32.3. The van der Waals surface area contributed by atoms with Crippen molar-refractivity contribution in [3.8, 4) is 0 Å². The first-order valence-electron chi connectivity index (χ1n) is 5.96. The maximum absolute atomic E-state index is 3.99. The maximum atomic E-state index is 3.99. The van der Waals surface area contributed by atoms with E-state index in [1.807, 2.05) is 30.4 Å². The summed E-state index contributed by atoms with van der Waals surface area (Å²) in [5.74, 6) is 1.88. The van der Waals surface area contributed by atoms with Gasteiger partial charge in [0.05, 0.1) is 0 Å². The van der Waals surface area contributed by atoms with Gasteiger partial charge in [0.25, 0.3) is 0 Å². The lowest BCUT2D eigenvalue weighted by atomic mass is 10.1. The van der Waals surface area contributed by atoms with Crippen LogP contribution in [0.2, 0.25) is 0 Å². The molecule has 0 amide bonds. The molecule has 96 valence electrons. The molecule has 0 bridgehead atoms. The lowest BCUT2D eigenvalue weighted by molar-refractivity contribution is 1.43. The Morgan fingerprint density at radius 2 is 1.33 bits per heavy atom. The molecule has 0 aromatic carbocycles. The van der Waals surface area contributed by atoms with Crippen LogP contribution in [0.4, 0.5) is 0 Å². The summed E-state index contributed by atoms with van der Waals surface area (Å²) in [7, 11) is -1.14. The minimum Gasteiger partial charge on any atom is -0.180 e. The van der Waals surface area contributed by atoms with Crippen LogP contribution in [0.3, 0.4) is 0 Å². The monoisotopic (exact) mass is 258 g/mol. The van der Waals surface area contributed by atoms with Crippen LogP contribution in [0.5, 0.6) is 0 Å². The maximum Gasteiger partial charge on any atom is 0.00325 e. The van der Waals surface area contributed by atoms with Gasteiger partial charge in [-0.05, 0) is 23.0 Å². The van der Waals surface area contributed by atoms with Crippen molar-refractivity contribution in [2.75, 3.05) is 11.5 Å². The first-order valence-corrected chi connectivity index (χ1v) is 7.93. The Morgan fingerprint density at radius 3 is 1.67 bits per heavy atom. The van der Waals surface area contributed by atoms with Crippen molar-refractivity contribution in [1.82, 2.24) is 0 Å². The van der Waals surface area contributed by atoms with Crippen molar-refractivity contribution in [3.63, 3.8) is 0 Å². The SMILES string of the molecule is C=CCS1(CC=C)C(C=C)=C(C)C(C=C)=C1C=C. The second-order valence-electron chi connectivity index (χ2n) is 4.17. The Hall–Kier alpha value is -1.47. The fourth-order valence-corrected chi connectivity index (χ4v) is 6.49. The molecule has 0 aliphatic carbocycles. The van der Waals surface area contributed by atoms with Gasteiger partial charge in [0.2, 0.25) is 0 Å². The van der Waals surface area contributed by atoms with Gasteiger partial charge in [0, 0.05) is 16.4 Å². The highest BCUT2D eigenvalue weighted by molar-refractivity contribution is 8.40. The smallest absolute Gasteiger partial charge is 0.00325 e. The Kier molecular flexibility index (Phi) is 4.80. The van der Waals surface area contributed by atoms with Crippen molar-refractivity contribution >= 4 is 10.0 Å². The van der Waals surface area contributed by atoms with E-state index in [9.17, 15) is 0 Å². The predicted molar refractivity (Wildman–Crippen MR) is 88.0 cm³/mol. The molecule has 0 saturated heterocycles. The molecule has 1 heterocycles. The van der Waals surface area contributed by atoms with Crippen LogP contribution in [-0.2, 0) is 0 Å². The molecule has 0 nitrogen and oxygen atoms in total. The van der Waals surface area contributed by atoms with Gasteiger partial charge in [-0.3, -0.25) is 0 Å². The van der Waals surface area contributed by atoms with E-state index in [4.69, 9.17) is 0 Å². The Bertz CT molecular complexity index is 462. The van der Waals surface area contributed by atoms with E-state index < -0.39 is 10.0 Å². The van der Waals surface area contributed by atoms with Crippen molar-refractivity contribution in [1.29, 1.82) is 0 Å². The summed E-state index contributed by atoms with van der Waals surface area (Å²) in [6.45, 7) is 21.9. The zero-order valence-electron chi connectivity index (χ0n) is 11.2. The predicted octanol–water partition coefficient (Wildman–Crippen LogP) is 5.26. The largest absolute Gasteiger partial charge is 0.180 e. The molecule has 0 atom stereocenters. The van der Waals surface area contributed by atoms with Gasteiger partial charge in [-0.1, -0.05) is 50.1 Å². The van der Waals surface area contributed by atoms with Crippen molar-refractivity contribution < 1.29 is 0 Å². The molecule has 1 rings (SSSR count). The molecular weight excluding hydrogens is 236 g/mol. The second kappa shape index (κ2) is 5.92. The van der Waals surface area contributed by atoms with Gasteiger partial charge < -0.3 is 0 Å². The third-order valence-electron chi connectivity index (χ3n) is 3.26. The summed E-state index contributed by atoms with van der Waals surface area (Å²) in [6, 6.07) is 0. The van der Waals surface area contributed by atoms with Gasteiger partial charge in [-0.15, -0.1) is 13.2 Å². The van der Waals surface area contributed by atoms with E-state index >= 15 is 0 Å². The molecular formula is C17H22S. The summed E-state index contributed by atoms with van der Waals surface area (Å²) in [6.07, 6.45) is 9.87. The van der Waals surface area contributed by atoms with Crippen LogP contribution < -0.4 is 0 Å². The van der Waals surface area contributed by atoms with Gasteiger partial charge in [-0.25, -0.2) is 0 Å². The molecule has 1 aliphatic heterocycles. The van der Waals surface area contributed by atoms with Crippen molar-refractivity contribution in [3.05, 3.63) is 84.2 Å². The fraction of sp³-hybridized carbons (Fsp3) is 0.176. The average molecular weight is 258 g/mol. The third kappa shape index (κ3) is 1.99. The van der Waals surface area contributed by atoms with Crippen LogP contribution in [0.15, 0.2) is 84.2 Å². The zero-order chi connectivity index (χ0) is 13.8. The number of rotatable bonds is 7. The number of hydrogen-bond donors (Lipinski definition) is 0. The first-order chi connectivity index (χ1) is 8.62. The molecule has 0 N–H and O–H groups in total. The molecule has 0 unspecified atom stereocenters. The van der Waals surface area contributed by atoms with Gasteiger partial charge in [0.1, 0.15) is 0 Å². The van der Waals surface area contributed by atoms with Gasteiger partial charge in [-0.2, -0.15) is 10.0 Å². The molecule has 0 aromatic rings. The van der Waals surface area contributed by atoms with Crippen molar-refractivity contribution in [2.45, 2.75) is 6.92 Å². The summed E-state index contributed by atoms with van der Waals surface area (Å²) in [5.41, 5.74) is 2.48. The van der Waals surface area contributed by atoms with E-state index in [0.717, 1.165) is 11.5 Å². The van der Waals surface area contributed by atoms with Crippen LogP contribution >= 0.6 is 10.0 Å². The highest BCUT2D eigenvalue weighted by Crippen LogP contribution is 2.69. The van der Waals surface area contributed by atoms with Crippen LogP contribution in [0.1, 0.15) is 6.92 Å². The standard InChI is InChI=1S/C17H22S/c1-7-12-18(13-8-2)16(10-4)14(6)15(9-3)17(18)11-5/h7-11H,1-5,12-13H2,6H3. The van der Waals surface area contributed by atoms with E-state index in [1.54, 1.807) is 0 Å². The molecule has 0 aromatic heterocycles. The van der Waals surface area contributed by atoms with Crippen LogP contribution in [-0.4, -0.2) is 11.5 Å². The van der Waals surface area contributed by atoms with Crippen LogP contribution in [0, 0.1) is 0 Å². The van der Waals surface area contributed by atoms with E-state index in [0.29, 0.717) is 0 Å². The topological polar surface area (TPSA) is 0 Å². The number of hydrogen-bond acceptors (Lipinski definition) is 0. The molecule has 0 fully saturated rings. The second-order valence-corrected chi connectivity index (χ2v) is 7.49. The minimum atomic E-state index is -1.14. The zero-order valence-corrected chi connectivity index (χ0v) is 12.1. The molecule has 1 aliphatic rings. The van der Waals surface area contributed by atoms with Gasteiger partial charge >= 0.3 is 0 Å². The number of allylic oxidation sites excluding steroid dienone is 5. The van der Waals surface area contributed by atoms with E-state index in [2.05, 4.69) is 39.8 Å². The minimum absolute atomic E-state index is 0.941. The molecule has 0 saturated carbocycles. The summed E-state index contributed by atoms with van der Waals surface area (Å²) in [5, 5.41) is 0. The van der Waals surface area contributed by atoms with E-state index in [1.165, 1.54) is 21.0 Å². The lowest BCUT2D eigenvalue weighted by Crippen LogP contribution is -2.08.